The van der Waals surface area contributed by atoms with E-state index in [1.54, 1.807) is 0 Å². The van der Waals surface area contributed by atoms with Crippen LogP contribution < -0.4 is 4.74 Å². The van der Waals surface area contributed by atoms with Crippen molar-refractivity contribution in [3.63, 3.8) is 0 Å². The topological polar surface area (TPSA) is 90.0 Å². The van der Waals surface area contributed by atoms with Gasteiger partial charge in [0.05, 0.1) is 11.8 Å². The number of esters is 1. The minimum Gasteiger partial charge on any atom is -0.451 e. The molecule has 2 aromatic heterocycles. The summed E-state index contributed by atoms with van der Waals surface area (Å²) in [5.74, 6) is -1.62. The van der Waals surface area contributed by atoms with Crippen molar-refractivity contribution >= 4 is 17.1 Å². The van der Waals surface area contributed by atoms with E-state index in [1.807, 2.05) is 24.3 Å². The number of nitrogens with zero attached hydrogens (tertiary/aromatic N) is 3. The fourth-order valence-corrected chi connectivity index (χ4v) is 4.80. The molecule has 0 bridgehead atoms. The molecular formula is C24H18F2N4O3. The molecule has 33 heavy (non-hydrogen) atoms. The maximum absolute atomic E-state index is 13.9. The van der Waals surface area contributed by atoms with Crippen LogP contribution in [0, 0.1) is 11.6 Å². The van der Waals surface area contributed by atoms with Gasteiger partial charge in [0, 0.05) is 11.5 Å². The lowest BCUT2D eigenvalue weighted by molar-refractivity contribution is -0.0312. The molecule has 0 radical (unpaired) electrons. The standard InChI is InChI=1S/C24H18F2N4O3/c25-16-6-3-7-17(26)19(16)32-23-27-12-18-21(30-23)29-20(28-18)13-8-10-24(11-9-13)15-5-2-1-4-14(15)22(31)33-24/h1-7,12-13H,8-11H2,(H,27,28,29,30)/t13-,24-. The van der Waals surface area contributed by atoms with Crippen molar-refractivity contribution in [3.8, 4) is 11.8 Å². The molecule has 166 valence electrons. The lowest BCUT2D eigenvalue weighted by Crippen LogP contribution is -2.31. The van der Waals surface area contributed by atoms with Crippen molar-refractivity contribution in [3.05, 3.63) is 77.2 Å². The number of H-pyrrole nitrogens is 1. The van der Waals surface area contributed by atoms with Crippen LogP contribution in [0.3, 0.4) is 0 Å². The first kappa shape index (κ1) is 19.8. The molecule has 7 nitrogen and oxygen atoms in total. The van der Waals surface area contributed by atoms with Gasteiger partial charge in [0.25, 0.3) is 0 Å². The fourth-order valence-electron chi connectivity index (χ4n) is 4.80. The fraction of sp³-hybridized carbons (Fsp3) is 0.250. The Hall–Kier alpha value is -3.88. The summed E-state index contributed by atoms with van der Waals surface area (Å²) >= 11 is 0. The van der Waals surface area contributed by atoms with Crippen LogP contribution in [0.2, 0.25) is 0 Å². The quantitative estimate of drug-likeness (QED) is 0.436. The van der Waals surface area contributed by atoms with E-state index in [9.17, 15) is 13.6 Å². The van der Waals surface area contributed by atoms with E-state index in [4.69, 9.17) is 9.47 Å². The maximum atomic E-state index is 13.9. The third-order valence-electron chi connectivity index (χ3n) is 6.45. The molecule has 4 aromatic rings. The van der Waals surface area contributed by atoms with Crippen molar-refractivity contribution in [1.82, 2.24) is 19.9 Å². The number of nitrogens with one attached hydrogen (secondary N) is 1. The summed E-state index contributed by atoms with van der Waals surface area (Å²) in [6, 6.07) is 10.8. The number of carbonyl (C=O) groups excluding carboxylic acids is 1. The summed E-state index contributed by atoms with van der Waals surface area (Å²) in [6.45, 7) is 0. The van der Waals surface area contributed by atoms with E-state index in [-0.39, 0.29) is 17.9 Å². The Balaban J connectivity index is 1.22. The second-order valence-corrected chi connectivity index (χ2v) is 8.37. The number of benzene rings is 2. The summed E-state index contributed by atoms with van der Waals surface area (Å²) in [7, 11) is 0. The van der Waals surface area contributed by atoms with Crippen LogP contribution in [0.25, 0.3) is 11.2 Å². The average Bonchev–Trinajstić information content (AvgIpc) is 3.36. The summed E-state index contributed by atoms with van der Waals surface area (Å²) in [5.41, 5.74) is 2.00. The predicted octanol–water partition coefficient (Wildman–Crippen LogP) is 5.15. The molecule has 1 fully saturated rings. The summed E-state index contributed by atoms with van der Waals surface area (Å²) in [6.07, 6.45) is 4.43. The number of hydrogen-bond donors (Lipinski definition) is 1. The third-order valence-corrected chi connectivity index (χ3v) is 6.45. The first-order valence-electron chi connectivity index (χ1n) is 10.7. The summed E-state index contributed by atoms with van der Waals surface area (Å²) < 4.78 is 38.8. The molecule has 2 aliphatic rings. The molecule has 0 amide bonds. The van der Waals surface area contributed by atoms with Gasteiger partial charge in [-0.15, -0.1) is 0 Å². The van der Waals surface area contributed by atoms with Gasteiger partial charge in [-0.3, -0.25) is 0 Å². The van der Waals surface area contributed by atoms with Gasteiger partial charge >= 0.3 is 12.0 Å². The number of aromatic amines is 1. The number of imidazole rings is 1. The van der Waals surface area contributed by atoms with Gasteiger partial charge in [0.2, 0.25) is 5.75 Å². The summed E-state index contributed by atoms with van der Waals surface area (Å²) in [4.78, 5) is 28.4. The third kappa shape index (κ3) is 3.23. The predicted molar refractivity (Wildman–Crippen MR) is 113 cm³/mol. The Morgan fingerprint density at radius 2 is 1.79 bits per heavy atom. The molecule has 1 spiro atoms. The van der Waals surface area contributed by atoms with Crippen molar-refractivity contribution in [1.29, 1.82) is 0 Å². The highest BCUT2D eigenvalue weighted by atomic mass is 19.1. The zero-order valence-electron chi connectivity index (χ0n) is 17.3. The SMILES string of the molecule is O=C1O[C@]2(CC[C@H](c3nc4nc(Oc5c(F)cccc5F)ncc4[nH]3)CC2)c2ccccc21. The van der Waals surface area contributed by atoms with Crippen LogP contribution in [0.1, 0.15) is 53.3 Å². The maximum Gasteiger partial charge on any atom is 0.339 e. The second-order valence-electron chi connectivity index (χ2n) is 8.37. The second kappa shape index (κ2) is 7.33. The number of carbonyl (C=O) groups is 1. The van der Waals surface area contributed by atoms with E-state index < -0.39 is 23.0 Å². The van der Waals surface area contributed by atoms with Gasteiger partial charge < -0.3 is 14.5 Å². The average molecular weight is 448 g/mol. The smallest absolute Gasteiger partial charge is 0.339 e. The molecule has 0 saturated heterocycles. The highest BCUT2D eigenvalue weighted by Gasteiger charge is 2.47. The summed E-state index contributed by atoms with van der Waals surface area (Å²) in [5, 5.41) is 0. The Kier molecular flexibility index (Phi) is 4.39. The van der Waals surface area contributed by atoms with Crippen molar-refractivity contribution in [2.24, 2.45) is 0 Å². The highest BCUT2D eigenvalue weighted by molar-refractivity contribution is 5.94. The Bertz CT molecular complexity index is 1380. The molecule has 9 heteroatoms. The molecule has 1 aliphatic carbocycles. The zero-order chi connectivity index (χ0) is 22.6. The van der Waals surface area contributed by atoms with Gasteiger partial charge in [0.1, 0.15) is 16.9 Å². The molecule has 0 unspecified atom stereocenters. The van der Waals surface area contributed by atoms with Crippen molar-refractivity contribution in [2.45, 2.75) is 37.2 Å². The van der Waals surface area contributed by atoms with Gasteiger partial charge in [-0.1, -0.05) is 24.3 Å². The number of fused-ring (bicyclic) bond motifs is 3. The zero-order valence-corrected chi connectivity index (χ0v) is 17.3. The van der Waals surface area contributed by atoms with Crippen molar-refractivity contribution in [2.75, 3.05) is 0 Å². The largest absolute Gasteiger partial charge is 0.451 e. The van der Waals surface area contributed by atoms with Crippen LogP contribution in [0.15, 0.2) is 48.7 Å². The molecule has 2 aromatic carbocycles. The first-order chi connectivity index (χ1) is 16.0. The normalized spacial score (nSPS) is 21.9. The lowest BCUT2D eigenvalue weighted by Gasteiger charge is -2.35. The van der Waals surface area contributed by atoms with Crippen LogP contribution in [0.5, 0.6) is 11.8 Å². The van der Waals surface area contributed by atoms with Gasteiger partial charge in [-0.05, 0) is 43.9 Å². The van der Waals surface area contributed by atoms with Gasteiger partial charge in [0.15, 0.2) is 17.3 Å². The Morgan fingerprint density at radius 3 is 2.58 bits per heavy atom. The molecule has 1 aliphatic heterocycles. The lowest BCUT2D eigenvalue weighted by atomic mass is 9.75. The molecule has 1 N–H and O–H groups in total. The number of halogens is 2. The highest BCUT2D eigenvalue weighted by Crippen LogP contribution is 2.49. The minimum atomic E-state index is -0.841. The van der Waals surface area contributed by atoms with Gasteiger partial charge in [-0.25, -0.2) is 23.5 Å². The minimum absolute atomic E-state index is 0.129. The molecule has 1 saturated carbocycles. The number of ether oxygens (including phenoxy) is 2. The van der Waals surface area contributed by atoms with Crippen LogP contribution in [-0.2, 0) is 10.3 Å². The monoisotopic (exact) mass is 448 g/mol. The van der Waals surface area contributed by atoms with E-state index in [2.05, 4.69) is 19.9 Å². The molecule has 0 atom stereocenters. The van der Waals surface area contributed by atoms with E-state index in [0.29, 0.717) is 29.6 Å². The Labute approximate surface area is 186 Å². The molecule has 6 rings (SSSR count). The van der Waals surface area contributed by atoms with E-state index in [0.717, 1.165) is 36.4 Å². The number of para-hydroxylation sites is 1. The molecular weight excluding hydrogens is 430 g/mol. The van der Waals surface area contributed by atoms with E-state index >= 15 is 0 Å². The van der Waals surface area contributed by atoms with Crippen LogP contribution in [-0.4, -0.2) is 25.9 Å². The number of rotatable bonds is 3. The number of hydrogen-bond acceptors (Lipinski definition) is 6. The number of aromatic nitrogens is 4. The Morgan fingerprint density at radius 1 is 1.03 bits per heavy atom. The molecule has 3 heterocycles. The van der Waals surface area contributed by atoms with E-state index in [1.165, 1.54) is 12.3 Å². The van der Waals surface area contributed by atoms with Crippen molar-refractivity contribution < 1.29 is 23.0 Å². The van der Waals surface area contributed by atoms with Crippen LogP contribution >= 0.6 is 0 Å². The van der Waals surface area contributed by atoms with Gasteiger partial charge in [-0.2, -0.15) is 4.98 Å². The van der Waals surface area contributed by atoms with Crippen LogP contribution in [0.4, 0.5) is 8.78 Å². The first-order valence-corrected chi connectivity index (χ1v) is 10.7.